The third-order valence-electron chi connectivity index (χ3n) is 2.78. The summed E-state index contributed by atoms with van der Waals surface area (Å²) in [5.74, 6) is -0.00676. The number of allylic oxidation sites excluding steroid dienone is 1. The predicted molar refractivity (Wildman–Crippen MR) is 80.9 cm³/mol. The molecule has 2 nitrogen and oxygen atoms in total. The van der Waals surface area contributed by atoms with Gasteiger partial charge in [0.1, 0.15) is 5.75 Å². The van der Waals surface area contributed by atoms with Crippen LogP contribution in [-0.4, -0.2) is 10.9 Å². The van der Waals surface area contributed by atoms with Gasteiger partial charge < -0.3 is 5.11 Å². The molecular formula is C15H18Cl2O2. The van der Waals surface area contributed by atoms with E-state index in [2.05, 4.69) is 6.92 Å². The monoisotopic (exact) mass is 300 g/mol. The quantitative estimate of drug-likeness (QED) is 0.551. The maximum atomic E-state index is 11.6. The molecular weight excluding hydrogens is 283 g/mol. The third kappa shape index (κ3) is 5.66. The van der Waals surface area contributed by atoms with E-state index in [1.807, 2.05) is 0 Å². The molecule has 4 heteroatoms. The molecule has 0 saturated carbocycles. The summed E-state index contributed by atoms with van der Waals surface area (Å²) in [5, 5.41) is 10.3. The van der Waals surface area contributed by atoms with E-state index in [1.54, 1.807) is 12.1 Å². The van der Waals surface area contributed by atoms with Crippen molar-refractivity contribution in [1.29, 1.82) is 0 Å². The first-order valence-corrected chi connectivity index (χ1v) is 7.19. The van der Waals surface area contributed by atoms with Crippen LogP contribution in [0.25, 0.3) is 6.08 Å². The Hall–Kier alpha value is -0.990. The fourth-order valence-corrected chi connectivity index (χ4v) is 2.21. The second-order valence-electron chi connectivity index (χ2n) is 4.44. The van der Waals surface area contributed by atoms with Gasteiger partial charge in [-0.25, -0.2) is 0 Å². The number of ketones is 1. The molecule has 1 aromatic carbocycles. The molecule has 0 spiro atoms. The zero-order valence-corrected chi connectivity index (χ0v) is 12.5. The Balaban J connectivity index is 2.59. The van der Waals surface area contributed by atoms with Crippen LogP contribution in [0, 0.1) is 0 Å². The fourth-order valence-electron chi connectivity index (χ4n) is 1.71. The van der Waals surface area contributed by atoms with Crippen LogP contribution >= 0.6 is 23.2 Å². The Bertz CT molecular complexity index is 467. The molecule has 0 fully saturated rings. The molecule has 0 heterocycles. The summed E-state index contributed by atoms with van der Waals surface area (Å²) in [6.45, 7) is 2.13. The van der Waals surface area contributed by atoms with Gasteiger partial charge in [0, 0.05) is 17.0 Å². The number of hydrogen-bond acceptors (Lipinski definition) is 2. The Labute approximate surface area is 124 Å². The van der Waals surface area contributed by atoms with Crippen LogP contribution in [0.2, 0.25) is 10.0 Å². The second kappa shape index (κ2) is 8.23. The van der Waals surface area contributed by atoms with E-state index < -0.39 is 0 Å². The number of rotatable bonds is 7. The lowest BCUT2D eigenvalue weighted by atomic mass is 10.1. The SMILES string of the molecule is CCCCCCC(=O)C=Cc1cc(Cl)cc(Cl)c1O. The molecule has 0 atom stereocenters. The average Bonchev–Trinajstić information content (AvgIpc) is 2.37. The zero-order chi connectivity index (χ0) is 14.3. The van der Waals surface area contributed by atoms with Gasteiger partial charge in [-0.05, 0) is 30.7 Å². The van der Waals surface area contributed by atoms with Crippen molar-refractivity contribution in [2.75, 3.05) is 0 Å². The number of phenolic OH excluding ortho intramolecular Hbond substituents is 1. The number of benzene rings is 1. The number of unbranched alkanes of at least 4 members (excludes halogenated alkanes) is 3. The Kier molecular flexibility index (Phi) is 6.96. The van der Waals surface area contributed by atoms with E-state index in [0.29, 0.717) is 17.0 Å². The van der Waals surface area contributed by atoms with Gasteiger partial charge in [0.05, 0.1) is 5.02 Å². The minimum Gasteiger partial charge on any atom is -0.506 e. The predicted octanol–water partition coefficient (Wildman–Crippen LogP) is 5.25. The second-order valence-corrected chi connectivity index (χ2v) is 5.28. The summed E-state index contributed by atoms with van der Waals surface area (Å²) in [4.78, 5) is 11.6. The molecule has 0 aliphatic heterocycles. The van der Waals surface area contributed by atoms with Crippen molar-refractivity contribution in [2.24, 2.45) is 0 Å². The molecule has 0 aliphatic carbocycles. The highest BCUT2D eigenvalue weighted by atomic mass is 35.5. The van der Waals surface area contributed by atoms with Crippen molar-refractivity contribution in [3.63, 3.8) is 0 Å². The summed E-state index contributed by atoms with van der Waals surface area (Å²) in [5.41, 5.74) is 0.458. The van der Waals surface area contributed by atoms with Crippen molar-refractivity contribution in [1.82, 2.24) is 0 Å². The minimum absolute atomic E-state index is 0.0478. The van der Waals surface area contributed by atoms with Crippen LogP contribution in [0.5, 0.6) is 5.75 Å². The van der Waals surface area contributed by atoms with Gasteiger partial charge in [0.15, 0.2) is 5.78 Å². The molecule has 104 valence electrons. The van der Waals surface area contributed by atoms with E-state index in [-0.39, 0.29) is 16.6 Å². The van der Waals surface area contributed by atoms with Gasteiger partial charge in [-0.2, -0.15) is 0 Å². The topological polar surface area (TPSA) is 37.3 Å². The van der Waals surface area contributed by atoms with Gasteiger partial charge in [-0.3, -0.25) is 4.79 Å². The Morgan fingerprint density at radius 2 is 2.00 bits per heavy atom. The van der Waals surface area contributed by atoms with Crippen molar-refractivity contribution >= 4 is 35.1 Å². The van der Waals surface area contributed by atoms with Gasteiger partial charge in [-0.1, -0.05) is 49.4 Å². The summed E-state index contributed by atoms with van der Waals surface area (Å²) in [6.07, 6.45) is 7.83. The smallest absolute Gasteiger partial charge is 0.155 e. The van der Waals surface area contributed by atoms with Crippen LogP contribution in [-0.2, 0) is 4.79 Å². The van der Waals surface area contributed by atoms with E-state index in [0.717, 1.165) is 25.7 Å². The summed E-state index contributed by atoms with van der Waals surface area (Å²) >= 11 is 11.6. The van der Waals surface area contributed by atoms with Crippen molar-refractivity contribution < 1.29 is 9.90 Å². The molecule has 19 heavy (non-hydrogen) atoms. The summed E-state index contributed by atoms with van der Waals surface area (Å²) in [7, 11) is 0. The molecule has 0 radical (unpaired) electrons. The standard InChI is InChI=1S/C15H18Cl2O2/c1-2-3-4-5-6-13(18)8-7-11-9-12(16)10-14(17)15(11)19/h7-10,19H,2-6H2,1H3. The molecule has 0 aliphatic rings. The maximum Gasteiger partial charge on any atom is 0.155 e. The number of halogens is 2. The maximum absolute atomic E-state index is 11.6. The Morgan fingerprint density at radius 1 is 1.26 bits per heavy atom. The minimum atomic E-state index is -0.0545. The van der Waals surface area contributed by atoms with Crippen molar-refractivity contribution in [3.05, 3.63) is 33.8 Å². The van der Waals surface area contributed by atoms with Gasteiger partial charge in [0.2, 0.25) is 0 Å². The van der Waals surface area contributed by atoms with Crippen LogP contribution in [0.1, 0.15) is 44.6 Å². The molecule has 0 aromatic heterocycles. The number of carbonyl (C=O) groups is 1. The first kappa shape index (κ1) is 16.1. The lowest BCUT2D eigenvalue weighted by molar-refractivity contribution is -0.114. The van der Waals surface area contributed by atoms with Gasteiger partial charge >= 0.3 is 0 Å². The van der Waals surface area contributed by atoms with E-state index >= 15 is 0 Å². The number of phenols is 1. The summed E-state index contributed by atoms with van der Waals surface area (Å²) < 4.78 is 0. The molecule has 0 amide bonds. The van der Waals surface area contributed by atoms with Gasteiger partial charge in [0.25, 0.3) is 0 Å². The lowest BCUT2D eigenvalue weighted by Crippen LogP contribution is -1.92. The zero-order valence-electron chi connectivity index (χ0n) is 11.0. The number of hydrogen-bond donors (Lipinski definition) is 1. The highest BCUT2D eigenvalue weighted by molar-refractivity contribution is 6.35. The molecule has 1 rings (SSSR count). The van der Waals surface area contributed by atoms with E-state index in [1.165, 1.54) is 12.1 Å². The molecule has 0 saturated heterocycles. The van der Waals surface area contributed by atoms with Crippen molar-refractivity contribution in [2.45, 2.75) is 39.0 Å². The van der Waals surface area contributed by atoms with Crippen LogP contribution in [0.3, 0.4) is 0 Å². The molecule has 0 unspecified atom stereocenters. The van der Waals surface area contributed by atoms with Crippen LogP contribution in [0.15, 0.2) is 18.2 Å². The van der Waals surface area contributed by atoms with E-state index in [9.17, 15) is 9.90 Å². The normalized spacial score (nSPS) is 11.1. The van der Waals surface area contributed by atoms with Crippen molar-refractivity contribution in [3.8, 4) is 5.75 Å². The van der Waals surface area contributed by atoms with Crippen LogP contribution < -0.4 is 0 Å². The number of aromatic hydroxyl groups is 1. The number of carbonyl (C=O) groups excluding carboxylic acids is 1. The molecule has 1 aromatic rings. The summed E-state index contributed by atoms with van der Waals surface area (Å²) in [6, 6.07) is 3.03. The molecule has 1 N–H and O–H groups in total. The highest BCUT2D eigenvalue weighted by Gasteiger charge is 2.05. The van der Waals surface area contributed by atoms with Gasteiger partial charge in [-0.15, -0.1) is 0 Å². The lowest BCUT2D eigenvalue weighted by Gasteiger charge is -2.02. The van der Waals surface area contributed by atoms with E-state index in [4.69, 9.17) is 23.2 Å². The highest BCUT2D eigenvalue weighted by Crippen LogP contribution is 2.31. The van der Waals surface area contributed by atoms with Crippen LogP contribution in [0.4, 0.5) is 0 Å². The first-order chi connectivity index (χ1) is 9.04. The average molecular weight is 301 g/mol. The molecule has 0 bridgehead atoms. The fraction of sp³-hybridized carbons (Fsp3) is 0.400. The third-order valence-corrected chi connectivity index (χ3v) is 3.29. The largest absolute Gasteiger partial charge is 0.506 e. The Morgan fingerprint density at radius 3 is 2.68 bits per heavy atom. The first-order valence-electron chi connectivity index (χ1n) is 6.43.